The van der Waals surface area contributed by atoms with Gasteiger partial charge in [0.1, 0.15) is 1.93 Å². The van der Waals surface area contributed by atoms with E-state index in [1.807, 2.05) is 42.5 Å². The van der Waals surface area contributed by atoms with Crippen molar-refractivity contribution in [2.24, 2.45) is 0 Å². The molecule has 0 aliphatic heterocycles. The van der Waals surface area contributed by atoms with Crippen molar-refractivity contribution in [2.75, 3.05) is 0 Å². The van der Waals surface area contributed by atoms with E-state index in [1.165, 1.54) is 0 Å². The Hall–Kier alpha value is -0.170. The fourth-order valence-electron chi connectivity index (χ4n) is 1.56. The van der Waals surface area contributed by atoms with E-state index in [0.717, 1.165) is 16.3 Å². The van der Waals surface area contributed by atoms with E-state index in [9.17, 15) is 4.79 Å². The Morgan fingerprint density at radius 3 is 2.40 bits per heavy atom. The molecule has 0 unspecified atom stereocenters. The van der Waals surface area contributed by atoms with Crippen LogP contribution in [0.2, 0.25) is 0 Å². The third-order valence-electron chi connectivity index (χ3n) is 2.25. The van der Waals surface area contributed by atoms with E-state index >= 15 is 0 Å². The molecule has 0 bridgehead atoms. The van der Waals surface area contributed by atoms with Crippen LogP contribution in [0.5, 0.6) is 0 Å². The van der Waals surface area contributed by atoms with Crippen molar-refractivity contribution in [3.05, 3.63) is 48.0 Å². The van der Waals surface area contributed by atoms with E-state index < -0.39 is 0 Å². The van der Waals surface area contributed by atoms with Crippen LogP contribution in [0.15, 0.2) is 42.5 Å². The van der Waals surface area contributed by atoms with Crippen LogP contribution < -0.4 is 0 Å². The summed E-state index contributed by atoms with van der Waals surface area (Å²) in [5, 5.41) is 2.17. The van der Waals surface area contributed by atoms with Gasteiger partial charge in [-0.1, -0.05) is 87.6 Å². The molecule has 0 heterocycles. The maximum atomic E-state index is 11.9. The minimum atomic E-state index is -0.00833. The third-order valence-corrected chi connectivity index (χ3v) is 3.38. The zero-order valence-corrected chi connectivity index (χ0v) is 12.1. The first-order chi connectivity index (χ1) is 7.20. The number of benzene rings is 2. The summed E-state index contributed by atoms with van der Waals surface area (Å²) in [6.07, 6.45) is 0. The van der Waals surface area contributed by atoms with Gasteiger partial charge in [0.2, 0.25) is 0 Å². The predicted molar refractivity (Wildman–Crippen MR) is 80.1 cm³/mol. The number of Topliss-reactive ketones (excluding diaryl/α,β-unsaturated/α-hetero) is 1. The first-order valence-electron chi connectivity index (χ1n) is 4.50. The van der Waals surface area contributed by atoms with Gasteiger partial charge < -0.3 is 0 Å². The summed E-state index contributed by atoms with van der Waals surface area (Å²) >= 11 is 4.28. The molecule has 0 amide bonds. The van der Waals surface area contributed by atoms with Crippen LogP contribution in [0.3, 0.4) is 0 Å². The second-order valence-electron chi connectivity index (χ2n) is 3.19. The highest BCUT2D eigenvalue weighted by Gasteiger charge is 2.15. The van der Waals surface area contributed by atoms with E-state index in [0.29, 0.717) is 0 Å². The van der Waals surface area contributed by atoms with Crippen LogP contribution in [0, 0.1) is 0 Å². The molecular formula is C12H8I2O. The summed E-state index contributed by atoms with van der Waals surface area (Å²) in [7, 11) is 0. The number of ketones is 1. The molecule has 0 aromatic heterocycles. The fourth-order valence-corrected chi connectivity index (χ4v) is 2.23. The molecule has 0 saturated carbocycles. The maximum absolute atomic E-state index is 11.9. The molecule has 15 heavy (non-hydrogen) atoms. The second kappa shape index (κ2) is 4.78. The van der Waals surface area contributed by atoms with E-state index in [1.54, 1.807) is 0 Å². The van der Waals surface area contributed by atoms with Gasteiger partial charge in [-0.15, -0.1) is 0 Å². The van der Waals surface area contributed by atoms with Gasteiger partial charge in [0.05, 0.1) is 0 Å². The molecular weight excluding hydrogens is 414 g/mol. The van der Waals surface area contributed by atoms with E-state index in [-0.39, 0.29) is 7.71 Å². The van der Waals surface area contributed by atoms with E-state index in [2.05, 4.69) is 45.2 Å². The molecule has 0 atom stereocenters. The number of alkyl halides is 2. The number of halogens is 2. The fraction of sp³-hybridized carbons (Fsp3) is 0.0833. The average molecular weight is 422 g/mol. The smallest absolute Gasteiger partial charge is 0.186 e. The maximum Gasteiger partial charge on any atom is 0.186 e. The van der Waals surface area contributed by atoms with Crippen LogP contribution in [0.4, 0.5) is 0 Å². The summed E-state index contributed by atoms with van der Waals surface area (Å²) in [4.78, 5) is 11.9. The molecule has 0 N–H and O–H groups in total. The summed E-state index contributed by atoms with van der Waals surface area (Å²) in [5.74, 6) is 0.188. The molecule has 0 saturated heterocycles. The lowest BCUT2D eigenvalue weighted by atomic mass is 10.0. The highest BCUT2D eigenvalue weighted by atomic mass is 127. The Bertz CT molecular complexity index is 500. The van der Waals surface area contributed by atoms with Crippen LogP contribution >= 0.6 is 45.2 Å². The molecule has 2 rings (SSSR count). The molecule has 0 aliphatic carbocycles. The monoisotopic (exact) mass is 422 g/mol. The number of carbonyl (C=O) groups is 1. The first-order valence-corrected chi connectivity index (χ1v) is 6.99. The number of hydrogen-bond acceptors (Lipinski definition) is 1. The van der Waals surface area contributed by atoms with Crippen molar-refractivity contribution in [3.63, 3.8) is 0 Å². The zero-order chi connectivity index (χ0) is 10.8. The minimum Gasteiger partial charge on any atom is -0.292 e. The Morgan fingerprint density at radius 1 is 1.00 bits per heavy atom. The number of rotatable bonds is 2. The highest BCUT2D eigenvalue weighted by molar-refractivity contribution is 14.2. The third kappa shape index (κ3) is 2.33. The standard InChI is InChI=1S/C12H8I2O/c13-12(14)11(15)10-7-3-5-8-4-1-2-6-9(8)10/h1-7,12H. The zero-order valence-electron chi connectivity index (χ0n) is 7.78. The quantitative estimate of drug-likeness (QED) is 0.403. The average Bonchev–Trinajstić information content (AvgIpc) is 2.27. The SMILES string of the molecule is O=C(c1cccc2ccccc12)C(I)I. The van der Waals surface area contributed by atoms with Crippen LogP contribution in [-0.2, 0) is 0 Å². The largest absolute Gasteiger partial charge is 0.292 e. The van der Waals surface area contributed by atoms with Crippen molar-refractivity contribution in [1.29, 1.82) is 0 Å². The normalized spacial score (nSPS) is 10.9. The van der Waals surface area contributed by atoms with Gasteiger partial charge in [-0.2, -0.15) is 0 Å². The number of carbonyl (C=O) groups excluding carboxylic acids is 1. The lowest BCUT2D eigenvalue weighted by molar-refractivity contribution is 0.102. The van der Waals surface area contributed by atoms with Gasteiger partial charge in [0.15, 0.2) is 5.78 Å². The predicted octanol–water partition coefficient (Wildman–Crippen LogP) is 4.22. The summed E-state index contributed by atoms with van der Waals surface area (Å²) < 4.78 is -0.00833. The van der Waals surface area contributed by atoms with Gasteiger partial charge in [-0.05, 0) is 10.8 Å². The Labute approximate surface area is 116 Å². The van der Waals surface area contributed by atoms with Gasteiger partial charge in [-0.25, -0.2) is 0 Å². The summed E-state index contributed by atoms with van der Waals surface area (Å²) in [6.45, 7) is 0. The molecule has 76 valence electrons. The second-order valence-corrected chi connectivity index (χ2v) is 8.07. The van der Waals surface area contributed by atoms with Gasteiger partial charge in [-0.3, -0.25) is 4.79 Å². The van der Waals surface area contributed by atoms with Crippen molar-refractivity contribution in [3.8, 4) is 0 Å². The Balaban J connectivity index is 2.66. The topological polar surface area (TPSA) is 17.1 Å². The minimum absolute atomic E-state index is 0.00833. The Kier molecular flexibility index (Phi) is 3.60. The molecule has 1 nitrogen and oxygen atoms in total. The van der Waals surface area contributed by atoms with Crippen molar-refractivity contribution in [2.45, 2.75) is 1.93 Å². The number of fused-ring (bicyclic) bond motifs is 1. The van der Waals surface area contributed by atoms with Crippen LogP contribution in [0.1, 0.15) is 10.4 Å². The molecule has 0 radical (unpaired) electrons. The van der Waals surface area contributed by atoms with Crippen LogP contribution in [-0.4, -0.2) is 7.71 Å². The molecule has 0 spiro atoms. The number of hydrogen-bond donors (Lipinski definition) is 0. The van der Waals surface area contributed by atoms with Crippen molar-refractivity contribution < 1.29 is 4.79 Å². The molecule has 2 aromatic carbocycles. The molecule has 2 aromatic rings. The Morgan fingerprint density at radius 2 is 1.67 bits per heavy atom. The van der Waals surface area contributed by atoms with Gasteiger partial charge >= 0.3 is 0 Å². The highest BCUT2D eigenvalue weighted by Crippen LogP contribution is 2.23. The lowest BCUT2D eigenvalue weighted by Crippen LogP contribution is -2.07. The summed E-state index contributed by atoms with van der Waals surface area (Å²) in [5.41, 5.74) is 0.821. The first kappa shape index (κ1) is 11.3. The lowest BCUT2D eigenvalue weighted by Gasteiger charge is -2.05. The van der Waals surface area contributed by atoms with Crippen LogP contribution in [0.25, 0.3) is 10.8 Å². The molecule has 3 heteroatoms. The molecule has 0 fully saturated rings. The van der Waals surface area contributed by atoms with E-state index in [4.69, 9.17) is 0 Å². The van der Waals surface area contributed by atoms with Gasteiger partial charge in [0.25, 0.3) is 0 Å². The molecule has 0 aliphatic rings. The summed E-state index contributed by atoms with van der Waals surface area (Å²) in [6, 6.07) is 13.8. The van der Waals surface area contributed by atoms with Gasteiger partial charge in [0, 0.05) is 5.56 Å². The van der Waals surface area contributed by atoms with Crippen molar-refractivity contribution in [1.82, 2.24) is 0 Å². The van der Waals surface area contributed by atoms with Crippen molar-refractivity contribution >= 4 is 61.7 Å².